The molecule has 2 N–H and O–H groups in total. The van der Waals surface area contributed by atoms with Gasteiger partial charge in [0.25, 0.3) is 5.91 Å². The van der Waals surface area contributed by atoms with Crippen LogP contribution in [0.15, 0.2) is 54.6 Å². The molecule has 2 aliphatic heterocycles. The van der Waals surface area contributed by atoms with E-state index < -0.39 is 12.1 Å². The van der Waals surface area contributed by atoms with E-state index in [0.29, 0.717) is 30.0 Å². The van der Waals surface area contributed by atoms with E-state index in [-0.39, 0.29) is 42.4 Å². The van der Waals surface area contributed by atoms with Crippen LogP contribution in [0.25, 0.3) is 0 Å². The van der Waals surface area contributed by atoms with Crippen molar-refractivity contribution in [3.8, 4) is 11.5 Å². The largest absolute Gasteiger partial charge is 0.457 e. The van der Waals surface area contributed by atoms with Crippen LogP contribution in [-0.2, 0) is 9.53 Å². The first-order chi connectivity index (χ1) is 15.8. The molecule has 33 heavy (non-hydrogen) atoms. The predicted octanol–water partition coefficient (Wildman–Crippen LogP) is 3.23. The molecule has 2 aromatic rings. The zero-order valence-electron chi connectivity index (χ0n) is 19.3. The number of amides is 2. The van der Waals surface area contributed by atoms with Gasteiger partial charge in [-0.05, 0) is 48.7 Å². The average molecular weight is 453 g/mol. The van der Waals surface area contributed by atoms with Gasteiger partial charge >= 0.3 is 0 Å². The predicted molar refractivity (Wildman–Crippen MR) is 124 cm³/mol. The fourth-order valence-electron chi connectivity index (χ4n) is 4.72. The van der Waals surface area contributed by atoms with Crippen LogP contribution in [0.4, 0.5) is 0 Å². The van der Waals surface area contributed by atoms with Crippen LogP contribution >= 0.6 is 0 Å². The van der Waals surface area contributed by atoms with E-state index >= 15 is 0 Å². The number of nitrogens with zero attached hydrogens (tertiary/aromatic N) is 1. The van der Waals surface area contributed by atoms with E-state index in [9.17, 15) is 14.7 Å². The summed E-state index contributed by atoms with van der Waals surface area (Å²) in [6.45, 7) is 6.82. The number of hydrogen-bond donors (Lipinski definition) is 2. The molecule has 0 aromatic heterocycles. The third-order valence-electron chi connectivity index (χ3n) is 6.28. The summed E-state index contributed by atoms with van der Waals surface area (Å²) < 4.78 is 11.5. The Labute approximate surface area is 194 Å². The first-order valence-electron chi connectivity index (χ1n) is 11.6. The van der Waals surface area contributed by atoms with Crippen LogP contribution in [0.1, 0.15) is 37.6 Å². The highest BCUT2D eigenvalue weighted by Gasteiger charge is 2.51. The molecule has 2 amide bonds. The van der Waals surface area contributed by atoms with Crippen LogP contribution in [0, 0.1) is 11.8 Å². The fourth-order valence-corrected chi connectivity index (χ4v) is 4.72. The molecule has 2 aromatic carbocycles. The molecule has 0 unspecified atom stereocenters. The molecule has 2 fully saturated rings. The van der Waals surface area contributed by atoms with E-state index in [2.05, 4.69) is 5.32 Å². The van der Waals surface area contributed by atoms with Gasteiger partial charge in [-0.2, -0.15) is 0 Å². The van der Waals surface area contributed by atoms with Gasteiger partial charge in [0, 0.05) is 18.0 Å². The van der Waals surface area contributed by atoms with Crippen LogP contribution < -0.4 is 10.1 Å². The third-order valence-corrected chi connectivity index (χ3v) is 6.28. The third kappa shape index (κ3) is 5.20. The highest BCUT2D eigenvalue weighted by atomic mass is 16.5. The van der Waals surface area contributed by atoms with E-state index in [1.807, 2.05) is 51.1 Å². The Balaban J connectivity index is 1.45. The maximum atomic E-state index is 13.5. The molecular weight excluding hydrogens is 420 g/mol. The van der Waals surface area contributed by atoms with Crippen molar-refractivity contribution in [1.29, 1.82) is 0 Å². The lowest BCUT2D eigenvalue weighted by molar-refractivity contribution is -0.136. The molecule has 5 atom stereocenters. The van der Waals surface area contributed by atoms with Crippen molar-refractivity contribution in [1.82, 2.24) is 10.2 Å². The maximum absolute atomic E-state index is 13.5. The Kier molecular flexibility index (Phi) is 7.00. The molecule has 7 heteroatoms. The summed E-state index contributed by atoms with van der Waals surface area (Å²) in [6, 6.07) is 15.2. The first kappa shape index (κ1) is 23.3. The van der Waals surface area contributed by atoms with Crippen molar-refractivity contribution in [2.24, 2.45) is 11.8 Å². The lowest BCUT2D eigenvalue weighted by Gasteiger charge is -2.30. The smallest absolute Gasteiger partial charge is 0.251 e. The Hall–Kier alpha value is -2.90. The lowest BCUT2D eigenvalue weighted by atomic mass is 10.0. The normalized spacial score (nSPS) is 25.1. The topological polar surface area (TPSA) is 88.1 Å². The van der Waals surface area contributed by atoms with Crippen LogP contribution in [0.3, 0.4) is 0 Å². The molecular formula is C26H32N2O5. The molecule has 2 heterocycles. The van der Waals surface area contributed by atoms with Gasteiger partial charge in [0.05, 0.1) is 18.8 Å². The number of nitrogens with one attached hydrogen (secondary N) is 1. The van der Waals surface area contributed by atoms with Crippen molar-refractivity contribution in [3.63, 3.8) is 0 Å². The summed E-state index contributed by atoms with van der Waals surface area (Å²) in [6.07, 6.45) is -0.341. The molecule has 176 valence electrons. The molecule has 0 saturated carbocycles. The number of aliphatic hydroxyl groups is 1. The number of likely N-dealkylation sites (tertiary alicyclic amines) is 1. The lowest BCUT2D eigenvalue weighted by Crippen LogP contribution is -2.53. The summed E-state index contributed by atoms with van der Waals surface area (Å²) in [4.78, 5) is 28.2. The number of benzene rings is 2. The molecule has 0 spiro atoms. The molecule has 2 saturated heterocycles. The molecule has 4 rings (SSSR count). The van der Waals surface area contributed by atoms with Gasteiger partial charge in [0.2, 0.25) is 5.91 Å². The van der Waals surface area contributed by atoms with Crippen LogP contribution in [-0.4, -0.2) is 59.3 Å². The zero-order valence-corrected chi connectivity index (χ0v) is 19.3. The Morgan fingerprint density at radius 2 is 1.79 bits per heavy atom. The fraction of sp³-hybridized carbons (Fsp3) is 0.462. The molecule has 7 nitrogen and oxygen atoms in total. The van der Waals surface area contributed by atoms with Gasteiger partial charge in [-0.1, -0.05) is 39.0 Å². The molecule has 2 aliphatic rings. The van der Waals surface area contributed by atoms with E-state index in [0.717, 1.165) is 0 Å². The van der Waals surface area contributed by atoms with Crippen LogP contribution in [0.5, 0.6) is 11.5 Å². The molecule has 0 bridgehead atoms. The summed E-state index contributed by atoms with van der Waals surface area (Å²) in [7, 11) is 0. The monoisotopic (exact) mass is 452 g/mol. The zero-order chi connectivity index (χ0) is 23.5. The van der Waals surface area contributed by atoms with Gasteiger partial charge in [-0.25, -0.2) is 0 Å². The Morgan fingerprint density at radius 1 is 1.12 bits per heavy atom. The molecule has 0 aliphatic carbocycles. The van der Waals surface area contributed by atoms with Crippen LogP contribution in [0.2, 0.25) is 0 Å². The van der Waals surface area contributed by atoms with Crippen molar-refractivity contribution >= 4 is 11.8 Å². The highest BCUT2D eigenvalue weighted by molar-refractivity contribution is 5.97. The number of fused-ring (bicyclic) bond motifs is 1. The van der Waals surface area contributed by atoms with E-state index in [4.69, 9.17) is 9.47 Å². The second-order valence-electron chi connectivity index (χ2n) is 9.42. The van der Waals surface area contributed by atoms with E-state index in [1.54, 1.807) is 29.2 Å². The summed E-state index contributed by atoms with van der Waals surface area (Å²) in [5.41, 5.74) is 0.453. The second kappa shape index (κ2) is 9.93. The number of para-hydroxylation sites is 1. The number of ether oxygens (including phenoxy) is 2. The molecule has 0 radical (unpaired) electrons. The van der Waals surface area contributed by atoms with Gasteiger partial charge in [-0.15, -0.1) is 0 Å². The second-order valence-corrected chi connectivity index (χ2v) is 9.42. The SMILES string of the molecule is CC(C)C[C@H](NC(=O)c1ccc(Oc2ccccc2)cc1)C(=O)N1C[C@@H](C)[C@H]2OC[C@H](O)[C@H]21. The number of carbonyl (C=O) groups excluding carboxylic acids is 2. The standard InChI is InChI=1S/C26H32N2O5/c1-16(2)13-21(26(31)28-14-17(3)24-23(28)22(29)15-32-24)27-25(30)18-9-11-20(12-10-18)33-19-7-5-4-6-8-19/h4-12,16-17,21-24,29H,13-15H2,1-3H3,(H,27,30)/t17-,21+,22+,23-,24-/m1/s1. The first-order valence-corrected chi connectivity index (χ1v) is 11.6. The van der Waals surface area contributed by atoms with Gasteiger partial charge in [0.15, 0.2) is 0 Å². The summed E-state index contributed by atoms with van der Waals surface area (Å²) in [5, 5.41) is 13.3. The number of aliphatic hydroxyl groups excluding tert-OH is 1. The average Bonchev–Trinajstić information content (AvgIpc) is 3.34. The minimum Gasteiger partial charge on any atom is -0.457 e. The van der Waals surface area contributed by atoms with Crippen molar-refractivity contribution in [2.45, 2.75) is 51.5 Å². The number of rotatable bonds is 7. The van der Waals surface area contributed by atoms with Gasteiger partial charge in [-0.3, -0.25) is 9.59 Å². The minimum atomic E-state index is -0.698. The van der Waals surface area contributed by atoms with Gasteiger partial charge in [0.1, 0.15) is 23.6 Å². The Bertz CT molecular complexity index is 962. The van der Waals surface area contributed by atoms with E-state index in [1.165, 1.54) is 0 Å². The van der Waals surface area contributed by atoms with Crippen molar-refractivity contribution in [2.75, 3.05) is 13.2 Å². The quantitative estimate of drug-likeness (QED) is 0.674. The minimum absolute atomic E-state index is 0.142. The van der Waals surface area contributed by atoms with Crippen molar-refractivity contribution < 1.29 is 24.2 Å². The highest BCUT2D eigenvalue weighted by Crippen LogP contribution is 2.34. The summed E-state index contributed by atoms with van der Waals surface area (Å²) in [5.74, 6) is 1.22. The summed E-state index contributed by atoms with van der Waals surface area (Å²) >= 11 is 0. The Morgan fingerprint density at radius 3 is 2.45 bits per heavy atom. The van der Waals surface area contributed by atoms with Crippen molar-refractivity contribution in [3.05, 3.63) is 60.2 Å². The maximum Gasteiger partial charge on any atom is 0.251 e. The number of hydrogen-bond acceptors (Lipinski definition) is 5. The van der Waals surface area contributed by atoms with Gasteiger partial charge < -0.3 is 24.8 Å². The number of carbonyl (C=O) groups is 2.